The lowest BCUT2D eigenvalue weighted by atomic mass is 10.1. The minimum atomic E-state index is -0.409. The number of nitrogens with one attached hydrogen (secondary N) is 1. The molecule has 0 radical (unpaired) electrons. The number of hydrogen-bond donors (Lipinski definition) is 1. The summed E-state index contributed by atoms with van der Waals surface area (Å²) in [5.74, 6) is 0.527. The third-order valence-corrected chi connectivity index (χ3v) is 6.48. The fourth-order valence-corrected chi connectivity index (χ4v) is 4.45. The Morgan fingerprint density at radius 3 is 2.46 bits per heavy atom. The number of fused-ring (bicyclic) bond motifs is 1. The van der Waals surface area contributed by atoms with Gasteiger partial charge in [0.25, 0.3) is 5.56 Å². The van der Waals surface area contributed by atoms with Gasteiger partial charge in [0, 0.05) is 0 Å². The van der Waals surface area contributed by atoms with Crippen molar-refractivity contribution in [3.05, 3.63) is 134 Å². The highest BCUT2D eigenvalue weighted by Gasteiger charge is 2.16. The van der Waals surface area contributed by atoms with Gasteiger partial charge in [0.2, 0.25) is 5.91 Å². The molecule has 0 atom stereocenters. The van der Waals surface area contributed by atoms with Crippen molar-refractivity contribution < 1.29 is 9.21 Å². The molecule has 3 aromatic carbocycles. The van der Waals surface area contributed by atoms with Gasteiger partial charge in [0.05, 0.1) is 42.4 Å². The number of carbonyl (C=O) groups excluding carboxylic acids is 1. The summed E-state index contributed by atoms with van der Waals surface area (Å²) < 4.78 is 8.08. The summed E-state index contributed by atoms with van der Waals surface area (Å²) in [6.45, 7) is 4.70. The first-order chi connectivity index (χ1) is 17.9. The van der Waals surface area contributed by atoms with E-state index >= 15 is 0 Å². The number of aromatic nitrogens is 2. The van der Waals surface area contributed by atoms with Crippen LogP contribution in [0.1, 0.15) is 28.0 Å². The van der Waals surface area contributed by atoms with E-state index in [1.54, 1.807) is 65.4 Å². The van der Waals surface area contributed by atoms with E-state index < -0.39 is 5.69 Å². The zero-order valence-corrected chi connectivity index (χ0v) is 20.7. The zero-order chi connectivity index (χ0) is 25.9. The molecule has 7 heteroatoms. The Labute approximate surface area is 213 Å². The highest BCUT2D eigenvalue weighted by molar-refractivity contribution is 5.79. The molecule has 0 saturated carbocycles. The van der Waals surface area contributed by atoms with Gasteiger partial charge in [-0.15, -0.1) is 0 Å². The van der Waals surface area contributed by atoms with Crippen LogP contribution in [0.25, 0.3) is 16.6 Å². The van der Waals surface area contributed by atoms with Crippen molar-refractivity contribution >= 4 is 16.8 Å². The number of rotatable bonds is 7. The van der Waals surface area contributed by atoms with Crippen LogP contribution in [-0.4, -0.2) is 15.0 Å². The van der Waals surface area contributed by atoms with E-state index in [0.29, 0.717) is 35.4 Å². The van der Waals surface area contributed by atoms with Crippen molar-refractivity contribution in [1.29, 1.82) is 0 Å². The van der Waals surface area contributed by atoms with Crippen molar-refractivity contribution in [2.24, 2.45) is 0 Å². The number of hydrogen-bond acceptors (Lipinski definition) is 4. The van der Waals surface area contributed by atoms with Crippen LogP contribution in [0.2, 0.25) is 0 Å². The third-order valence-electron chi connectivity index (χ3n) is 6.48. The van der Waals surface area contributed by atoms with Gasteiger partial charge < -0.3 is 9.73 Å². The summed E-state index contributed by atoms with van der Waals surface area (Å²) in [7, 11) is 0. The lowest BCUT2D eigenvalue weighted by Crippen LogP contribution is -2.39. The van der Waals surface area contributed by atoms with Gasteiger partial charge in [0.1, 0.15) is 5.76 Å². The molecule has 0 saturated heterocycles. The van der Waals surface area contributed by atoms with Gasteiger partial charge in [0.15, 0.2) is 0 Å². The van der Waals surface area contributed by atoms with E-state index in [4.69, 9.17) is 4.42 Å². The number of carbonyl (C=O) groups is 1. The predicted octanol–water partition coefficient (Wildman–Crippen LogP) is 4.27. The molecule has 0 aliphatic rings. The first-order valence-electron chi connectivity index (χ1n) is 12.1. The van der Waals surface area contributed by atoms with E-state index in [0.717, 1.165) is 22.3 Å². The summed E-state index contributed by atoms with van der Waals surface area (Å²) in [6.07, 6.45) is 1.73. The largest absolute Gasteiger partial charge is 0.467 e. The quantitative estimate of drug-likeness (QED) is 0.367. The Morgan fingerprint density at radius 1 is 0.919 bits per heavy atom. The molecule has 2 heterocycles. The van der Waals surface area contributed by atoms with Crippen LogP contribution < -0.4 is 16.6 Å². The van der Waals surface area contributed by atoms with Gasteiger partial charge in [-0.05, 0) is 66.9 Å². The van der Waals surface area contributed by atoms with Gasteiger partial charge >= 0.3 is 5.69 Å². The molecule has 0 aliphatic carbocycles. The molecule has 5 rings (SSSR count). The Hall–Kier alpha value is -4.65. The number of benzene rings is 3. The van der Waals surface area contributed by atoms with Crippen LogP contribution in [0.3, 0.4) is 0 Å². The third kappa shape index (κ3) is 5.02. The molecule has 0 unspecified atom stereocenters. The number of amides is 1. The van der Waals surface area contributed by atoms with Crippen LogP contribution >= 0.6 is 0 Å². The molecule has 1 N–H and O–H groups in total. The average Bonchev–Trinajstić information content (AvgIpc) is 3.42. The van der Waals surface area contributed by atoms with Crippen molar-refractivity contribution in [2.75, 3.05) is 0 Å². The predicted molar refractivity (Wildman–Crippen MR) is 143 cm³/mol. The summed E-state index contributed by atoms with van der Waals surface area (Å²) in [6, 6.07) is 23.8. The summed E-state index contributed by atoms with van der Waals surface area (Å²) in [4.78, 5) is 39.5. The maximum Gasteiger partial charge on any atom is 0.336 e. The molecule has 37 heavy (non-hydrogen) atoms. The standard InChI is InChI=1S/C30H27N3O4/c1-20-9-10-21(2)23(16-20)19-32-27-8-4-3-7-26(27)29(35)33(30(32)36)24-13-11-22(12-14-24)17-28(34)31-18-25-6-5-15-37-25/h3-16H,17-19H2,1-2H3,(H,31,34). The highest BCUT2D eigenvalue weighted by atomic mass is 16.3. The van der Waals surface area contributed by atoms with E-state index in [1.807, 2.05) is 32.0 Å². The van der Waals surface area contributed by atoms with Crippen LogP contribution in [-0.2, 0) is 24.3 Å². The molecule has 0 bridgehead atoms. The minimum absolute atomic E-state index is 0.150. The smallest absolute Gasteiger partial charge is 0.336 e. The molecular formula is C30H27N3O4. The number of nitrogens with zero attached hydrogens (tertiary/aromatic N) is 2. The molecule has 2 aromatic heterocycles. The van der Waals surface area contributed by atoms with E-state index in [1.165, 1.54) is 4.57 Å². The van der Waals surface area contributed by atoms with Gasteiger partial charge in [-0.2, -0.15) is 0 Å². The second kappa shape index (κ2) is 10.1. The van der Waals surface area contributed by atoms with E-state index in [2.05, 4.69) is 11.4 Å². The summed E-state index contributed by atoms with van der Waals surface area (Å²) >= 11 is 0. The average molecular weight is 494 g/mol. The van der Waals surface area contributed by atoms with Crippen LogP contribution in [0, 0.1) is 13.8 Å². The maximum absolute atomic E-state index is 13.7. The first-order valence-corrected chi connectivity index (χ1v) is 12.1. The molecule has 5 aromatic rings. The summed E-state index contributed by atoms with van der Waals surface area (Å²) in [5, 5.41) is 3.28. The first kappa shape index (κ1) is 24.1. The monoisotopic (exact) mass is 493 g/mol. The second-order valence-electron chi connectivity index (χ2n) is 9.16. The van der Waals surface area contributed by atoms with Gasteiger partial charge in [-0.1, -0.05) is 48.0 Å². The Balaban J connectivity index is 1.48. The molecule has 7 nitrogen and oxygen atoms in total. The molecule has 0 spiro atoms. The van der Waals surface area contributed by atoms with Crippen molar-refractivity contribution in [2.45, 2.75) is 33.4 Å². The van der Waals surface area contributed by atoms with Crippen LogP contribution in [0.15, 0.2) is 99.1 Å². The van der Waals surface area contributed by atoms with E-state index in [-0.39, 0.29) is 17.9 Å². The van der Waals surface area contributed by atoms with E-state index in [9.17, 15) is 14.4 Å². The Kier molecular flexibility index (Phi) is 6.60. The zero-order valence-electron chi connectivity index (χ0n) is 20.7. The summed E-state index contributed by atoms with van der Waals surface area (Å²) in [5.41, 5.74) is 4.24. The van der Waals surface area contributed by atoms with Gasteiger partial charge in [-0.3, -0.25) is 14.2 Å². The Morgan fingerprint density at radius 2 is 1.70 bits per heavy atom. The van der Waals surface area contributed by atoms with Crippen molar-refractivity contribution in [3.8, 4) is 5.69 Å². The minimum Gasteiger partial charge on any atom is -0.467 e. The normalized spacial score (nSPS) is 11.1. The molecular weight excluding hydrogens is 466 g/mol. The molecule has 0 aliphatic heterocycles. The molecule has 186 valence electrons. The van der Waals surface area contributed by atoms with Gasteiger partial charge in [-0.25, -0.2) is 9.36 Å². The number of furan rings is 1. The van der Waals surface area contributed by atoms with Crippen LogP contribution in [0.5, 0.6) is 0 Å². The molecule has 1 amide bonds. The fraction of sp³-hybridized carbons (Fsp3) is 0.167. The highest BCUT2D eigenvalue weighted by Crippen LogP contribution is 2.16. The number of para-hydroxylation sites is 1. The Bertz CT molecular complexity index is 1690. The SMILES string of the molecule is Cc1ccc(C)c(Cn2c(=O)n(-c3ccc(CC(=O)NCc4ccco4)cc3)c(=O)c3ccccc32)c1. The lowest BCUT2D eigenvalue weighted by Gasteiger charge is -2.16. The van der Waals surface area contributed by atoms with Crippen LogP contribution in [0.4, 0.5) is 0 Å². The molecule has 0 fully saturated rings. The lowest BCUT2D eigenvalue weighted by molar-refractivity contribution is -0.120. The van der Waals surface area contributed by atoms with Crippen molar-refractivity contribution in [3.63, 3.8) is 0 Å². The fourth-order valence-electron chi connectivity index (χ4n) is 4.45. The van der Waals surface area contributed by atoms with Crippen molar-refractivity contribution in [1.82, 2.24) is 14.5 Å². The topological polar surface area (TPSA) is 86.2 Å². The second-order valence-corrected chi connectivity index (χ2v) is 9.16. The number of aryl methyl sites for hydroxylation is 2. The maximum atomic E-state index is 13.7.